The van der Waals surface area contributed by atoms with E-state index in [0.717, 1.165) is 36.2 Å². The molecule has 0 amide bonds. The van der Waals surface area contributed by atoms with E-state index in [1.54, 1.807) is 12.4 Å². The molecule has 0 spiro atoms. The van der Waals surface area contributed by atoms with Crippen LogP contribution in [0.2, 0.25) is 0 Å². The highest BCUT2D eigenvalue weighted by molar-refractivity contribution is 9.11. The lowest BCUT2D eigenvalue weighted by molar-refractivity contribution is -0.274. The first kappa shape index (κ1) is 26.5. The number of halogens is 4. The monoisotopic (exact) mass is 602 g/mol. The Morgan fingerprint density at radius 3 is 1.86 bits per heavy atom. The molecule has 0 fully saturated rings. The maximum atomic E-state index is 11.9. The molecule has 5 aromatic rings. The maximum Gasteiger partial charge on any atom is 0.573 e. The summed E-state index contributed by atoms with van der Waals surface area (Å²) in [5.41, 5.74) is 9.32. The normalized spacial score (nSPS) is 10.8. The summed E-state index contributed by atoms with van der Waals surface area (Å²) in [6.45, 7) is 0. The molecule has 0 aliphatic rings. The third kappa shape index (κ3) is 7.97. The van der Waals surface area contributed by atoms with Crippen molar-refractivity contribution in [1.82, 2.24) is 9.97 Å². The Morgan fingerprint density at radius 1 is 0.811 bits per heavy atom. The van der Waals surface area contributed by atoms with Crippen molar-refractivity contribution < 1.29 is 17.9 Å². The molecule has 0 atom stereocenters. The summed E-state index contributed by atoms with van der Waals surface area (Å²) in [6, 6.07) is 25.9. The molecule has 37 heavy (non-hydrogen) atoms. The fourth-order valence-corrected chi connectivity index (χ4v) is 4.87. The molecule has 0 bridgehead atoms. The number of aromatic nitrogens is 2. The minimum absolute atomic E-state index is 0.251. The number of nitrogen functional groups attached to an aromatic ring is 1. The molecule has 2 aromatic heterocycles. The fraction of sp³-hybridized carbons (Fsp3) is 0.0385. The highest BCUT2D eigenvalue weighted by atomic mass is 79.9. The number of hydrogen-bond donors (Lipinski definition) is 1. The van der Waals surface area contributed by atoms with Crippen molar-refractivity contribution in [2.24, 2.45) is 4.99 Å². The van der Waals surface area contributed by atoms with Gasteiger partial charge in [0, 0.05) is 17.3 Å². The minimum atomic E-state index is -4.67. The van der Waals surface area contributed by atoms with Gasteiger partial charge < -0.3 is 10.5 Å². The predicted octanol–water partition coefficient (Wildman–Crippen LogP) is 8.37. The largest absolute Gasteiger partial charge is 0.573 e. The van der Waals surface area contributed by atoms with Crippen molar-refractivity contribution in [3.05, 3.63) is 112 Å². The predicted molar refractivity (Wildman–Crippen MR) is 147 cm³/mol. The zero-order valence-electron chi connectivity index (χ0n) is 18.9. The van der Waals surface area contributed by atoms with Crippen LogP contribution in [0.15, 0.2) is 106 Å². The lowest BCUT2D eigenvalue weighted by Crippen LogP contribution is -2.16. The van der Waals surface area contributed by atoms with Gasteiger partial charge in [0.1, 0.15) is 5.75 Å². The Bertz CT molecular complexity index is 1410. The second kappa shape index (κ2) is 12.1. The fourth-order valence-electron chi connectivity index (χ4n) is 3.12. The van der Waals surface area contributed by atoms with Gasteiger partial charge in [0.15, 0.2) is 5.13 Å². The average Bonchev–Trinajstić information content (AvgIpc) is 3.51. The molecule has 0 aliphatic carbocycles. The van der Waals surface area contributed by atoms with Gasteiger partial charge in [-0.3, -0.25) is 0 Å². The summed E-state index contributed by atoms with van der Waals surface area (Å²) >= 11 is 6.21. The molecule has 188 valence electrons. The summed E-state index contributed by atoms with van der Waals surface area (Å²) in [5.74, 6) is -0.251. The van der Waals surface area contributed by atoms with Crippen LogP contribution in [0.5, 0.6) is 5.75 Å². The van der Waals surface area contributed by atoms with Crippen molar-refractivity contribution in [3.63, 3.8) is 0 Å². The number of benzene rings is 3. The van der Waals surface area contributed by atoms with Gasteiger partial charge >= 0.3 is 6.36 Å². The first-order valence-electron chi connectivity index (χ1n) is 10.7. The van der Waals surface area contributed by atoms with Gasteiger partial charge in [0.05, 0.1) is 20.6 Å². The van der Waals surface area contributed by atoms with Crippen LogP contribution in [-0.4, -0.2) is 22.0 Å². The zero-order valence-corrected chi connectivity index (χ0v) is 22.1. The van der Waals surface area contributed by atoms with Crippen LogP contribution in [0.1, 0.15) is 11.1 Å². The number of alkyl halides is 3. The molecule has 2 N–H and O–H groups in total. The van der Waals surface area contributed by atoms with E-state index < -0.39 is 6.36 Å². The highest BCUT2D eigenvalue weighted by Crippen LogP contribution is 2.30. The van der Waals surface area contributed by atoms with Gasteiger partial charge in [0.2, 0.25) is 5.13 Å². The van der Waals surface area contributed by atoms with E-state index in [4.69, 9.17) is 10.7 Å². The van der Waals surface area contributed by atoms with Crippen LogP contribution in [-0.2, 0) is 0 Å². The minimum Gasteiger partial charge on any atom is -0.406 e. The Hall–Kier alpha value is -3.54. The van der Waals surface area contributed by atoms with Crippen LogP contribution >= 0.6 is 38.6 Å². The molecule has 0 saturated carbocycles. The molecule has 3 aromatic carbocycles. The number of thiazole rings is 2. The van der Waals surface area contributed by atoms with Gasteiger partial charge in [-0.15, -0.1) is 13.2 Å². The molecule has 0 unspecified atom stereocenters. The molecule has 0 radical (unpaired) electrons. The van der Waals surface area contributed by atoms with E-state index in [-0.39, 0.29) is 5.75 Å². The summed E-state index contributed by atoms with van der Waals surface area (Å²) < 4.78 is 40.5. The van der Waals surface area contributed by atoms with Crippen LogP contribution in [0, 0.1) is 0 Å². The number of nitrogens with zero attached hydrogens (tertiary/aromatic N) is 3. The standard InChI is InChI=1S/C16H11BrN2S.C10H7F3N2OS/c17-14-11-18-16(20-14)19-15(12-7-3-1-4-8-12)13-9-5-2-6-10-13;11-10(12,13)16-7-3-1-6(2-4-7)8-5-15-9(14)17-8/h1-11H;1-5H,(H2,14,15). The molecule has 0 saturated heterocycles. The van der Waals surface area contributed by atoms with Crippen LogP contribution < -0.4 is 10.5 Å². The van der Waals surface area contributed by atoms with Gasteiger partial charge in [-0.05, 0) is 45.8 Å². The third-order valence-corrected chi connectivity index (χ3v) is 6.91. The number of hydrogen-bond acceptors (Lipinski definition) is 7. The number of aliphatic imine (C=N–C) groups is 1. The van der Waals surface area contributed by atoms with Crippen LogP contribution in [0.25, 0.3) is 10.4 Å². The van der Waals surface area contributed by atoms with Gasteiger partial charge in [-0.25, -0.2) is 15.0 Å². The van der Waals surface area contributed by atoms with E-state index in [9.17, 15) is 13.2 Å². The van der Waals surface area contributed by atoms with Crippen molar-refractivity contribution >= 4 is 54.6 Å². The number of rotatable bonds is 5. The molecule has 11 heteroatoms. The second-order valence-electron chi connectivity index (χ2n) is 7.27. The molecule has 5 nitrogen and oxygen atoms in total. The quantitative estimate of drug-likeness (QED) is 0.205. The summed E-state index contributed by atoms with van der Waals surface area (Å²) in [6.07, 6.45) is -1.33. The Morgan fingerprint density at radius 2 is 1.41 bits per heavy atom. The Labute approximate surface area is 227 Å². The molecule has 0 aliphatic heterocycles. The van der Waals surface area contributed by atoms with E-state index in [0.29, 0.717) is 5.13 Å². The van der Waals surface area contributed by atoms with E-state index in [2.05, 4.69) is 54.9 Å². The third-order valence-electron chi connectivity index (χ3n) is 4.66. The lowest BCUT2D eigenvalue weighted by Gasteiger charge is -2.08. The average molecular weight is 603 g/mol. The molecule has 5 rings (SSSR count). The summed E-state index contributed by atoms with van der Waals surface area (Å²) in [4.78, 5) is 13.7. The van der Waals surface area contributed by atoms with Gasteiger partial charge in [0.25, 0.3) is 0 Å². The van der Waals surface area contributed by atoms with E-state index >= 15 is 0 Å². The van der Waals surface area contributed by atoms with E-state index in [1.165, 1.54) is 46.9 Å². The molecular formula is C26H18BrF3N4OS2. The smallest absolute Gasteiger partial charge is 0.406 e. The topological polar surface area (TPSA) is 73.4 Å². The van der Waals surface area contributed by atoms with Gasteiger partial charge in [-0.1, -0.05) is 83.3 Å². The van der Waals surface area contributed by atoms with Crippen molar-refractivity contribution in [1.29, 1.82) is 0 Å². The first-order valence-corrected chi connectivity index (χ1v) is 13.1. The van der Waals surface area contributed by atoms with Crippen molar-refractivity contribution in [3.8, 4) is 16.2 Å². The zero-order chi connectivity index (χ0) is 26.3. The maximum absolute atomic E-state index is 11.9. The first-order chi connectivity index (χ1) is 17.8. The highest BCUT2D eigenvalue weighted by Gasteiger charge is 2.31. The second-order valence-corrected chi connectivity index (χ2v) is 10.7. The number of ether oxygens (including phenoxy) is 1. The molecular weight excluding hydrogens is 585 g/mol. The van der Waals surface area contributed by atoms with Gasteiger partial charge in [-0.2, -0.15) is 0 Å². The number of nitrogens with two attached hydrogens (primary N) is 1. The van der Waals surface area contributed by atoms with Crippen LogP contribution in [0.3, 0.4) is 0 Å². The van der Waals surface area contributed by atoms with E-state index in [1.807, 2.05) is 36.4 Å². The Balaban J connectivity index is 0.000000176. The summed E-state index contributed by atoms with van der Waals surface area (Å²) in [5, 5.41) is 1.16. The Kier molecular flexibility index (Phi) is 8.70. The van der Waals surface area contributed by atoms with Crippen LogP contribution in [0.4, 0.5) is 23.4 Å². The SMILES string of the molecule is Brc1cnc(N=C(c2ccccc2)c2ccccc2)s1.Nc1ncc(-c2ccc(OC(F)(F)F)cc2)s1. The lowest BCUT2D eigenvalue weighted by atomic mass is 10.0. The van der Waals surface area contributed by atoms with Crippen molar-refractivity contribution in [2.75, 3.05) is 5.73 Å². The molecule has 2 heterocycles. The number of anilines is 1. The summed E-state index contributed by atoms with van der Waals surface area (Å²) in [7, 11) is 0. The van der Waals surface area contributed by atoms with Crippen molar-refractivity contribution in [2.45, 2.75) is 6.36 Å².